The molecule has 24 heavy (non-hydrogen) atoms. The van der Waals surface area contributed by atoms with E-state index in [0.29, 0.717) is 10.7 Å². The lowest BCUT2D eigenvalue weighted by Gasteiger charge is -2.02. The number of nitrogens with one attached hydrogen (secondary N) is 1. The van der Waals surface area contributed by atoms with Crippen LogP contribution in [-0.4, -0.2) is 20.3 Å². The molecule has 0 spiro atoms. The highest BCUT2D eigenvalue weighted by Crippen LogP contribution is 2.18. The molecule has 1 aromatic carbocycles. The Morgan fingerprint density at radius 2 is 2.08 bits per heavy atom. The van der Waals surface area contributed by atoms with Gasteiger partial charge in [-0.2, -0.15) is 0 Å². The number of hydrogen-bond acceptors (Lipinski definition) is 3. The van der Waals surface area contributed by atoms with E-state index in [9.17, 15) is 4.79 Å². The van der Waals surface area contributed by atoms with E-state index in [1.807, 2.05) is 40.9 Å². The van der Waals surface area contributed by atoms with Gasteiger partial charge in [-0.25, -0.2) is 4.98 Å². The number of aromatic nitrogens is 3. The van der Waals surface area contributed by atoms with Crippen LogP contribution in [0, 0.1) is 0 Å². The Morgan fingerprint density at radius 1 is 1.21 bits per heavy atom. The minimum Gasteiger partial charge on any atom is -0.459 e. The van der Waals surface area contributed by atoms with Gasteiger partial charge in [0.1, 0.15) is 12.3 Å². The minimum atomic E-state index is -0.283. The molecule has 6 heteroatoms. The highest BCUT2D eigenvalue weighted by atomic mass is 35.5. The quantitative estimate of drug-likeness (QED) is 0.576. The Bertz CT molecular complexity index is 1040. The summed E-state index contributed by atoms with van der Waals surface area (Å²) in [7, 11) is 0. The van der Waals surface area contributed by atoms with Gasteiger partial charge in [0.05, 0.1) is 17.1 Å². The highest BCUT2D eigenvalue weighted by molar-refractivity contribution is 6.30. The van der Waals surface area contributed by atoms with Crippen molar-refractivity contribution in [1.29, 1.82) is 0 Å². The van der Waals surface area contributed by atoms with Crippen molar-refractivity contribution >= 4 is 34.1 Å². The van der Waals surface area contributed by atoms with Gasteiger partial charge in [-0.1, -0.05) is 29.8 Å². The monoisotopic (exact) mass is 339 g/mol. The number of carbonyl (C=O) groups is 1. The molecule has 4 rings (SSSR count). The molecule has 0 aliphatic heterocycles. The highest BCUT2D eigenvalue weighted by Gasteiger charge is 2.11. The SMILES string of the molecule is O=C(Cc1c[nH]c2ccccc12)OCc1cn2cc(Cl)ccc2n1. The van der Waals surface area contributed by atoms with Gasteiger partial charge in [0.2, 0.25) is 0 Å². The number of hydrogen-bond donors (Lipinski definition) is 1. The lowest BCUT2D eigenvalue weighted by Crippen LogP contribution is -2.07. The fourth-order valence-electron chi connectivity index (χ4n) is 2.73. The largest absolute Gasteiger partial charge is 0.459 e. The summed E-state index contributed by atoms with van der Waals surface area (Å²) in [5, 5.41) is 1.67. The Labute approximate surface area is 142 Å². The molecule has 120 valence electrons. The number of H-pyrrole nitrogens is 1. The molecular weight excluding hydrogens is 326 g/mol. The van der Waals surface area contributed by atoms with Crippen molar-refractivity contribution in [3.8, 4) is 0 Å². The molecule has 0 unspecified atom stereocenters. The Hall–Kier alpha value is -2.79. The Kier molecular flexibility index (Phi) is 3.70. The third-order valence-electron chi connectivity index (χ3n) is 3.86. The third-order valence-corrected chi connectivity index (χ3v) is 4.08. The first kappa shape index (κ1) is 14.8. The molecule has 0 aliphatic rings. The topological polar surface area (TPSA) is 59.4 Å². The summed E-state index contributed by atoms with van der Waals surface area (Å²) < 4.78 is 7.16. The maximum atomic E-state index is 12.1. The van der Waals surface area contributed by atoms with Crippen LogP contribution in [0.15, 0.2) is 55.0 Å². The van der Waals surface area contributed by atoms with Crippen LogP contribution in [0.1, 0.15) is 11.3 Å². The Balaban J connectivity index is 1.44. The van der Waals surface area contributed by atoms with E-state index in [1.165, 1.54) is 0 Å². The number of nitrogens with zero attached hydrogens (tertiary/aromatic N) is 2. The molecule has 0 saturated heterocycles. The number of esters is 1. The second-order valence-corrected chi connectivity index (χ2v) is 5.98. The van der Waals surface area contributed by atoms with Gasteiger partial charge in [0.15, 0.2) is 0 Å². The van der Waals surface area contributed by atoms with Gasteiger partial charge < -0.3 is 14.1 Å². The number of carbonyl (C=O) groups excluding carboxylic acids is 1. The summed E-state index contributed by atoms with van der Waals surface area (Å²) in [6.45, 7) is 0.139. The molecule has 0 aliphatic carbocycles. The summed E-state index contributed by atoms with van der Waals surface area (Å²) in [6.07, 6.45) is 5.64. The van der Waals surface area contributed by atoms with Crippen molar-refractivity contribution < 1.29 is 9.53 Å². The van der Waals surface area contributed by atoms with E-state index in [-0.39, 0.29) is 19.0 Å². The molecule has 1 N–H and O–H groups in total. The zero-order valence-corrected chi connectivity index (χ0v) is 13.5. The molecule has 3 aromatic heterocycles. The number of fused-ring (bicyclic) bond motifs is 2. The minimum absolute atomic E-state index is 0.139. The maximum Gasteiger partial charge on any atom is 0.310 e. The van der Waals surface area contributed by atoms with E-state index in [0.717, 1.165) is 22.1 Å². The predicted molar refractivity (Wildman–Crippen MR) is 92.0 cm³/mol. The Morgan fingerprint density at radius 3 is 3.00 bits per heavy atom. The lowest BCUT2D eigenvalue weighted by atomic mass is 10.1. The van der Waals surface area contributed by atoms with E-state index in [2.05, 4.69) is 9.97 Å². The smallest absolute Gasteiger partial charge is 0.310 e. The second kappa shape index (κ2) is 6.02. The molecular formula is C18H14ClN3O2. The first-order valence-corrected chi connectivity index (χ1v) is 7.90. The van der Waals surface area contributed by atoms with Crippen LogP contribution in [0.4, 0.5) is 0 Å². The number of benzene rings is 1. The molecule has 0 saturated carbocycles. The fraction of sp³-hybridized carbons (Fsp3) is 0.111. The van der Waals surface area contributed by atoms with Crippen LogP contribution in [0.3, 0.4) is 0 Å². The predicted octanol–water partition coefficient (Wildman–Crippen LogP) is 3.75. The molecule has 0 radical (unpaired) electrons. The number of para-hydroxylation sites is 1. The number of halogens is 1. The van der Waals surface area contributed by atoms with Gasteiger partial charge in [0, 0.05) is 29.5 Å². The van der Waals surface area contributed by atoms with Gasteiger partial charge in [-0.15, -0.1) is 0 Å². The van der Waals surface area contributed by atoms with Crippen molar-refractivity contribution in [1.82, 2.24) is 14.4 Å². The first-order valence-electron chi connectivity index (χ1n) is 7.53. The zero-order chi connectivity index (χ0) is 16.5. The first-order chi connectivity index (χ1) is 11.7. The van der Waals surface area contributed by atoms with Crippen molar-refractivity contribution in [2.75, 3.05) is 0 Å². The molecule has 3 heterocycles. The molecule has 5 nitrogen and oxygen atoms in total. The van der Waals surface area contributed by atoms with E-state index < -0.39 is 0 Å². The average Bonchev–Trinajstić information content (AvgIpc) is 3.17. The third kappa shape index (κ3) is 2.86. The lowest BCUT2D eigenvalue weighted by molar-refractivity contribution is -0.144. The number of ether oxygens (including phenoxy) is 1. The van der Waals surface area contributed by atoms with Crippen LogP contribution < -0.4 is 0 Å². The number of imidazole rings is 1. The number of rotatable bonds is 4. The molecule has 0 bridgehead atoms. The summed E-state index contributed by atoms with van der Waals surface area (Å²) in [4.78, 5) is 19.7. The van der Waals surface area contributed by atoms with Crippen LogP contribution in [0.25, 0.3) is 16.6 Å². The maximum absolute atomic E-state index is 12.1. The van der Waals surface area contributed by atoms with Crippen molar-refractivity contribution in [3.63, 3.8) is 0 Å². The second-order valence-electron chi connectivity index (χ2n) is 5.54. The standard InChI is InChI=1S/C18H14ClN3O2/c19-13-5-6-17-21-14(10-22(17)9-13)11-24-18(23)7-12-8-20-16-4-2-1-3-15(12)16/h1-6,8-10,20H,7,11H2. The molecule has 4 aromatic rings. The summed E-state index contributed by atoms with van der Waals surface area (Å²) in [5.74, 6) is -0.283. The van der Waals surface area contributed by atoms with Crippen LogP contribution in [0.2, 0.25) is 5.02 Å². The van der Waals surface area contributed by atoms with E-state index in [1.54, 1.807) is 18.5 Å². The van der Waals surface area contributed by atoms with E-state index in [4.69, 9.17) is 16.3 Å². The summed E-state index contributed by atoms with van der Waals surface area (Å²) in [5.41, 5.74) is 3.39. The van der Waals surface area contributed by atoms with Gasteiger partial charge >= 0.3 is 5.97 Å². The number of aromatic amines is 1. The van der Waals surface area contributed by atoms with Crippen LogP contribution in [-0.2, 0) is 22.6 Å². The van der Waals surface area contributed by atoms with Gasteiger partial charge in [-0.05, 0) is 23.8 Å². The number of pyridine rings is 1. The van der Waals surface area contributed by atoms with Crippen LogP contribution in [0.5, 0.6) is 0 Å². The van der Waals surface area contributed by atoms with Gasteiger partial charge in [0.25, 0.3) is 0 Å². The van der Waals surface area contributed by atoms with Crippen molar-refractivity contribution in [2.24, 2.45) is 0 Å². The van der Waals surface area contributed by atoms with E-state index >= 15 is 0 Å². The molecule has 0 fully saturated rings. The zero-order valence-electron chi connectivity index (χ0n) is 12.7. The van der Waals surface area contributed by atoms with Crippen molar-refractivity contribution in [3.05, 3.63) is 71.3 Å². The van der Waals surface area contributed by atoms with Gasteiger partial charge in [-0.3, -0.25) is 4.79 Å². The summed E-state index contributed by atoms with van der Waals surface area (Å²) in [6, 6.07) is 11.5. The average molecular weight is 340 g/mol. The molecule has 0 amide bonds. The fourth-order valence-corrected chi connectivity index (χ4v) is 2.89. The molecule has 0 atom stereocenters. The van der Waals surface area contributed by atoms with Crippen LogP contribution >= 0.6 is 11.6 Å². The van der Waals surface area contributed by atoms with Crippen molar-refractivity contribution in [2.45, 2.75) is 13.0 Å². The normalized spacial score (nSPS) is 11.2. The summed E-state index contributed by atoms with van der Waals surface area (Å²) >= 11 is 5.95.